The van der Waals surface area contributed by atoms with Gasteiger partial charge in [-0.2, -0.15) is 0 Å². The number of benzene rings is 2. The fourth-order valence-corrected chi connectivity index (χ4v) is 3.11. The lowest BCUT2D eigenvalue weighted by Gasteiger charge is -2.18. The number of halogens is 3. The second-order valence-corrected chi connectivity index (χ2v) is 6.47. The molecule has 0 aliphatic carbocycles. The first-order chi connectivity index (χ1) is 9.97. The average Bonchev–Trinajstić information content (AvgIpc) is 2.48. The van der Waals surface area contributed by atoms with Crippen LogP contribution in [0.3, 0.4) is 0 Å². The van der Waals surface area contributed by atoms with E-state index in [0.717, 1.165) is 4.47 Å². The topological polar surface area (TPSA) is 38.7 Å². The zero-order chi connectivity index (χ0) is 15.6. The molecule has 0 aliphatic heterocycles. The smallest absolute Gasteiger partial charge is 0.161 e. The molecule has 0 spiro atoms. The molecule has 0 aromatic heterocycles. The molecule has 1 unspecified atom stereocenters. The maximum Gasteiger partial charge on any atom is 0.161 e. The summed E-state index contributed by atoms with van der Waals surface area (Å²) in [7, 11) is 3.11. The van der Waals surface area contributed by atoms with Gasteiger partial charge in [-0.15, -0.1) is 0 Å². The summed E-state index contributed by atoms with van der Waals surface area (Å²) in [5.41, 5.74) is 1.26. The summed E-state index contributed by atoms with van der Waals surface area (Å²) in [4.78, 5) is 0. The summed E-state index contributed by atoms with van der Waals surface area (Å²) in [5.74, 6) is 1.13. The van der Waals surface area contributed by atoms with Crippen molar-refractivity contribution in [1.29, 1.82) is 0 Å². The minimum atomic E-state index is -0.885. The molecular weight excluding hydrogens is 423 g/mol. The Bertz CT molecular complexity index is 662. The Morgan fingerprint density at radius 2 is 1.62 bits per heavy atom. The molecule has 0 amide bonds. The Morgan fingerprint density at radius 1 is 1.00 bits per heavy atom. The molecule has 21 heavy (non-hydrogen) atoms. The van der Waals surface area contributed by atoms with Crippen LogP contribution < -0.4 is 9.47 Å². The number of hydrogen-bond donors (Lipinski definition) is 1. The lowest BCUT2D eigenvalue weighted by molar-refractivity contribution is 0.218. The fraction of sp³-hybridized carbons (Fsp3) is 0.200. The van der Waals surface area contributed by atoms with Crippen molar-refractivity contribution in [1.82, 2.24) is 0 Å². The van der Waals surface area contributed by atoms with Crippen LogP contribution in [0.15, 0.2) is 39.3 Å². The van der Waals surface area contributed by atoms with Crippen molar-refractivity contribution in [2.75, 3.05) is 14.2 Å². The van der Waals surface area contributed by atoms with E-state index < -0.39 is 6.10 Å². The Morgan fingerprint density at radius 3 is 2.24 bits per heavy atom. The highest BCUT2D eigenvalue weighted by Gasteiger charge is 2.20. The first-order valence-electron chi connectivity index (χ1n) is 6.02. The molecule has 0 heterocycles. The largest absolute Gasteiger partial charge is 0.493 e. The number of aliphatic hydroxyl groups excluding tert-OH is 1. The van der Waals surface area contributed by atoms with E-state index in [1.807, 2.05) is 6.07 Å². The van der Waals surface area contributed by atoms with E-state index >= 15 is 0 Å². The molecule has 0 fully saturated rings. The van der Waals surface area contributed by atoms with E-state index in [-0.39, 0.29) is 0 Å². The van der Waals surface area contributed by atoms with E-state index in [1.54, 1.807) is 38.5 Å². The third-order valence-electron chi connectivity index (χ3n) is 3.05. The van der Waals surface area contributed by atoms with Crippen molar-refractivity contribution in [3.05, 3.63) is 55.4 Å². The summed E-state index contributed by atoms with van der Waals surface area (Å²) in [6.45, 7) is 0. The van der Waals surface area contributed by atoms with Gasteiger partial charge in [0.05, 0.1) is 14.2 Å². The number of ether oxygens (including phenoxy) is 2. The molecule has 2 aromatic rings. The van der Waals surface area contributed by atoms with Gasteiger partial charge in [-0.3, -0.25) is 0 Å². The zero-order valence-electron chi connectivity index (χ0n) is 11.4. The Balaban J connectivity index is 2.52. The minimum Gasteiger partial charge on any atom is -0.493 e. The first-order valence-corrected chi connectivity index (χ1v) is 7.98. The van der Waals surface area contributed by atoms with Crippen LogP contribution in [0.5, 0.6) is 11.5 Å². The van der Waals surface area contributed by atoms with Gasteiger partial charge in [0.2, 0.25) is 0 Å². The molecule has 0 bridgehead atoms. The summed E-state index contributed by atoms with van der Waals surface area (Å²) in [6, 6.07) is 8.82. The van der Waals surface area contributed by atoms with Crippen LogP contribution in [0, 0.1) is 0 Å². The van der Waals surface area contributed by atoms with E-state index in [4.69, 9.17) is 21.1 Å². The molecule has 0 radical (unpaired) electrons. The third-order valence-corrected chi connectivity index (χ3v) is 4.57. The standard InChI is InChI=1S/C15H13Br2ClO3/c1-20-13-6-9(11(17)7-14(13)21-2)15(19)10-5-8(16)3-4-12(10)18/h3-7,15,19H,1-2H3. The maximum absolute atomic E-state index is 10.6. The highest BCUT2D eigenvalue weighted by molar-refractivity contribution is 9.10. The number of rotatable bonds is 4. The molecule has 6 heteroatoms. The lowest BCUT2D eigenvalue weighted by Crippen LogP contribution is -2.03. The van der Waals surface area contributed by atoms with Crippen LogP contribution in [0.2, 0.25) is 5.02 Å². The number of aliphatic hydroxyl groups is 1. The lowest BCUT2D eigenvalue weighted by atomic mass is 10.0. The van der Waals surface area contributed by atoms with Gasteiger partial charge in [-0.25, -0.2) is 0 Å². The average molecular weight is 437 g/mol. The zero-order valence-corrected chi connectivity index (χ0v) is 15.3. The monoisotopic (exact) mass is 434 g/mol. The van der Waals surface area contributed by atoms with Gasteiger partial charge >= 0.3 is 0 Å². The molecule has 2 aromatic carbocycles. The third kappa shape index (κ3) is 3.54. The van der Waals surface area contributed by atoms with Crippen LogP contribution in [-0.2, 0) is 0 Å². The Hall–Kier alpha value is -0.750. The van der Waals surface area contributed by atoms with Crippen molar-refractivity contribution in [2.45, 2.75) is 6.10 Å². The first kappa shape index (κ1) is 16.6. The highest BCUT2D eigenvalue weighted by atomic mass is 79.9. The molecule has 0 saturated carbocycles. The highest BCUT2D eigenvalue weighted by Crippen LogP contribution is 2.39. The molecule has 112 valence electrons. The van der Waals surface area contributed by atoms with Crippen LogP contribution in [0.1, 0.15) is 17.2 Å². The summed E-state index contributed by atoms with van der Waals surface area (Å²) in [6.07, 6.45) is -0.885. The van der Waals surface area contributed by atoms with Crippen molar-refractivity contribution >= 4 is 43.5 Å². The second-order valence-electron chi connectivity index (χ2n) is 4.30. The van der Waals surface area contributed by atoms with Crippen molar-refractivity contribution < 1.29 is 14.6 Å². The van der Waals surface area contributed by atoms with Gasteiger partial charge in [-0.1, -0.05) is 43.5 Å². The summed E-state index contributed by atoms with van der Waals surface area (Å²) < 4.78 is 12.1. The Labute approximate surface area is 145 Å². The van der Waals surface area contributed by atoms with Crippen molar-refractivity contribution in [3.8, 4) is 11.5 Å². The molecule has 3 nitrogen and oxygen atoms in total. The molecule has 1 atom stereocenters. The quantitative estimate of drug-likeness (QED) is 0.736. The van der Waals surface area contributed by atoms with Crippen LogP contribution in [-0.4, -0.2) is 19.3 Å². The molecule has 2 rings (SSSR count). The predicted octanol–water partition coefficient (Wildman–Crippen LogP) is 4.96. The number of hydrogen-bond acceptors (Lipinski definition) is 3. The number of methoxy groups -OCH3 is 2. The van der Waals surface area contributed by atoms with Crippen LogP contribution >= 0.6 is 43.5 Å². The van der Waals surface area contributed by atoms with E-state index in [1.165, 1.54) is 0 Å². The van der Waals surface area contributed by atoms with Crippen LogP contribution in [0.4, 0.5) is 0 Å². The van der Waals surface area contributed by atoms with Gasteiger partial charge in [0.1, 0.15) is 6.10 Å². The molecule has 0 aliphatic rings. The molecule has 0 saturated heterocycles. The van der Waals surface area contributed by atoms with Gasteiger partial charge in [0.25, 0.3) is 0 Å². The van der Waals surface area contributed by atoms with Crippen molar-refractivity contribution in [3.63, 3.8) is 0 Å². The van der Waals surface area contributed by atoms with Gasteiger partial charge in [-0.05, 0) is 30.3 Å². The van der Waals surface area contributed by atoms with E-state index in [0.29, 0.717) is 32.1 Å². The predicted molar refractivity (Wildman–Crippen MR) is 90.5 cm³/mol. The Kier molecular flexibility index (Phi) is 5.54. The van der Waals surface area contributed by atoms with Crippen molar-refractivity contribution in [2.24, 2.45) is 0 Å². The van der Waals surface area contributed by atoms with Crippen LogP contribution in [0.25, 0.3) is 0 Å². The second kappa shape index (κ2) is 7.01. The van der Waals surface area contributed by atoms with E-state index in [2.05, 4.69) is 31.9 Å². The SMILES string of the molecule is COc1cc(Br)c(C(O)c2cc(Br)ccc2Cl)cc1OC. The van der Waals surface area contributed by atoms with Gasteiger partial charge in [0, 0.05) is 25.1 Å². The van der Waals surface area contributed by atoms with Gasteiger partial charge < -0.3 is 14.6 Å². The molecular formula is C15H13Br2ClO3. The van der Waals surface area contributed by atoms with Gasteiger partial charge in [0.15, 0.2) is 11.5 Å². The summed E-state index contributed by atoms with van der Waals surface area (Å²) in [5, 5.41) is 11.1. The molecule has 1 N–H and O–H groups in total. The summed E-state index contributed by atoms with van der Waals surface area (Å²) >= 11 is 13.0. The maximum atomic E-state index is 10.6. The van der Waals surface area contributed by atoms with E-state index in [9.17, 15) is 5.11 Å². The normalized spacial score (nSPS) is 12.1. The minimum absolute atomic E-state index is 0.493. The fourth-order valence-electron chi connectivity index (χ4n) is 1.97.